The zero-order valence-corrected chi connectivity index (χ0v) is 34.8. The fourth-order valence-corrected chi connectivity index (χ4v) is 9.14. The van der Waals surface area contributed by atoms with Gasteiger partial charge < -0.3 is 15.3 Å². The van der Waals surface area contributed by atoms with Crippen LogP contribution in [0.15, 0.2) is 64.0 Å². The van der Waals surface area contributed by atoms with Gasteiger partial charge in [-0.15, -0.1) is 0 Å². The molecular weight excluding hydrogens is 783 g/mol. The van der Waals surface area contributed by atoms with Crippen molar-refractivity contribution in [3.63, 3.8) is 0 Å². The number of rotatable bonds is 17. The van der Waals surface area contributed by atoms with Gasteiger partial charge in [0, 0.05) is 38.8 Å². The first-order valence-corrected chi connectivity index (χ1v) is 26.5. The van der Waals surface area contributed by atoms with Crippen LogP contribution in [0.4, 0.5) is 11.4 Å². The molecule has 55 heavy (non-hydrogen) atoms. The van der Waals surface area contributed by atoms with Gasteiger partial charge in [-0.25, -0.2) is 0 Å². The summed E-state index contributed by atoms with van der Waals surface area (Å²) in [5, 5.41) is 45.3. The molecule has 0 spiro atoms. The van der Waals surface area contributed by atoms with E-state index in [1.54, 1.807) is 0 Å². The number of hydrogen-bond acceptors (Lipinski definition) is 13. The van der Waals surface area contributed by atoms with E-state index in [4.69, 9.17) is 12.2 Å². The Morgan fingerprint density at radius 3 is 2.31 bits per heavy atom. The zero-order chi connectivity index (χ0) is 39.4. The number of anilines is 2. The summed E-state index contributed by atoms with van der Waals surface area (Å²) in [6, 6.07) is 14.2. The quantitative estimate of drug-likeness (QED) is 0.0368. The van der Waals surface area contributed by atoms with Crippen molar-refractivity contribution in [3.05, 3.63) is 64.9 Å². The Labute approximate surface area is 330 Å². The molecule has 2 aliphatic heterocycles. The molecule has 1 aliphatic carbocycles. The van der Waals surface area contributed by atoms with Crippen LogP contribution in [0.5, 0.6) is 0 Å². The first kappa shape index (κ1) is 41.9. The van der Waals surface area contributed by atoms with Crippen LogP contribution in [0.1, 0.15) is 30.4 Å². The van der Waals surface area contributed by atoms with Crippen molar-refractivity contribution in [2.75, 3.05) is 76.2 Å². The summed E-state index contributed by atoms with van der Waals surface area (Å²) in [7, 11) is 0. The molecule has 0 radical (unpaired) electrons. The van der Waals surface area contributed by atoms with Crippen LogP contribution in [-0.4, -0.2) is 144 Å². The number of carboxylic acids is 2. The molecule has 298 valence electrons. The molecule has 9 N–H and O–H groups in total. The molecule has 18 heteroatoms. The topological polar surface area (TPSA) is 201 Å². The SMILES string of the molecule is [CH3][Ge]([CH3])([CH3])[c]1cc(NNCCCNC(=S)Nc2ccc(CC3CN(CC(O)=C4CC4)CCN(CC(=O)O)CCN3CC(=O)O)cc2)cc(C2=NNC=NN2)c1. The van der Waals surface area contributed by atoms with Crippen LogP contribution in [0, 0.1) is 0 Å². The molecule has 1 saturated heterocycles. The van der Waals surface area contributed by atoms with Crippen molar-refractivity contribution in [2.45, 2.75) is 49.0 Å². The number of amidine groups is 1. The van der Waals surface area contributed by atoms with Gasteiger partial charge in [0.05, 0.1) is 19.6 Å². The average molecular weight is 839 g/mol. The number of hydrogen-bond donors (Lipinski definition) is 9. The number of carboxylic acid groups (broad SMARTS) is 2. The van der Waals surface area contributed by atoms with Gasteiger partial charge in [-0.1, -0.05) is 12.1 Å². The number of nitrogens with one attached hydrogen (secondary N) is 6. The second kappa shape index (κ2) is 20.1. The summed E-state index contributed by atoms with van der Waals surface area (Å²) in [6.07, 6.45) is 4.70. The van der Waals surface area contributed by atoms with Crippen molar-refractivity contribution in [1.82, 2.24) is 36.3 Å². The molecule has 0 aromatic heterocycles. The number of aliphatic hydroxyl groups excluding tert-OH is 1. The van der Waals surface area contributed by atoms with E-state index in [9.17, 15) is 24.9 Å². The van der Waals surface area contributed by atoms with Gasteiger partial charge in [-0.3, -0.25) is 24.3 Å². The van der Waals surface area contributed by atoms with Gasteiger partial charge in [0.15, 0.2) is 0 Å². The van der Waals surface area contributed by atoms with Crippen LogP contribution in [-0.2, 0) is 16.0 Å². The number of allylic oxidation sites excluding steroid dienone is 1. The predicted molar refractivity (Wildman–Crippen MR) is 224 cm³/mol. The van der Waals surface area contributed by atoms with Crippen LogP contribution >= 0.6 is 12.2 Å². The maximum absolute atomic E-state index is 11.9. The van der Waals surface area contributed by atoms with Crippen molar-refractivity contribution >= 4 is 70.5 Å². The van der Waals surface area contributed by atoms with Crippen LogP contribution < -0.4 is 36.7 Å². The molecule has 2 aromatic carbocycles. The molecule has 5 rings (SSSR count). The van der Waals surface area contributed by atoms with E-state index in [0.29, 0.717) is 75.5 Å². The Morgan fingerprint density at radius 1 is 0.909 bits per heavy atom. The van der Waals surface area contributed by atoms with Crippen LogP contribution in [0.2, 0.25) is 17.3 Å². The summed E-state index contributed by atoms with van der Waals surface area (Å²) in [5.41, 5.74) is 17.2. The number of aliphatic carboxylic acids is 2. The first-order chi connectivity index (χ1) is 26.3. The minimum atomic E-state index is -2.14. The van der Waals surface area contributed by atoms with Gasteiger partial charge in [0.25, 0.3) is 0 Å². The summed E-state index contributed by atoms with van der Waals surface area (Å²) in [6.45, 7) is 3.94. The first-order valence-electron chi connectivity index (χ1n) is 18.7. The maximum atomic E-state index is 11.9. The molecule has 0 amide bonds. The molecule has 1 unspecified atom stereocenters. The molecule has 3 aliphatic rings. The Morgan fingerprint density at radius 2 is 1.64 bits per heavy atom. The Balaban J connectivity index is 1.11. The van der Waals surface area contributed by atoms with Crippen molar-refractivity contribution in [1.29, 1.82) is 0 Å². The summed E-state index contributed by atoms with van der Waals surface area (Å²) >= 11 is 3.43. The molecule has 2 fully saturated rings. The predicted octanol–water partition coefficient (Wildman–Crippen LogP) is 1.93. The van der Waals surface area contributed by atoms with Crippen molar-refractivity contribution < 1.29 is 24.9 Å². The van der Waals surface area contributed by atoms with E-state index in [1.807, 2.05) is 40.1 Å². The van der Waals surface area contributed by atoms with E-state index < -0.39 is 25.2 Å². The summed E-state index contributed by atoms with van der Waals surface area (Å²) in [5.74, 6) is 6.25. The average Bonchev–Trinajstić information content (AvgIpc) is 3.99. The fraction of sp³-hybridized carbons (Fsp3) is 0.486. The van der Waals surface area contributed by atoms with Crippen molar-refractivity contribution in [3.8, 4) is 0 Å². The second-order valence-corrected chi connectivity index (χ2v) is 26.2. The molecule has 2 aromatic rings. The standard InChI is InChI=1S/C37H55GeN11O5S/c1-38(2,3)29-18-28(36-45-41-25-42-46-36)19-31(20-29)44-40-12-4-11-39-37(55)43-30-9-5-26(6-10-30)17-32-21-48(22-33(50)27-7-8-27)14-13-47(23-34(51)52)15-16-49(32)24-35(53)54/h5-6,9-10,18-20,25,32,40,44,50H,4,7-8,11-17,21-24H2,1-3H3,(H,41,42)(H,45,46)(H,51,52)(H,53,54)(H2,39,43,55). The van der Waals surface area contributed by atoms with Crippen LogP contribution in [0.3, 0.4) is 0 Å². The Hall–Kier alpha value is -4.27. The second-order valence-electron chi connectivity index (χ2n) is 15.2. The molecule has 1 atom stereocenters. The molecule has 2 heterocycles. The third kappa shape index (κ3) is 14.1. The fourth-order valence-electron chi connectivity index (χ4n) is 6.45. The number of hydrazine groups is 1. The molecule has 0 bridgehead atoms. The van der Waals surface area contributed by atoms with Gasteiger partial charge in [-0.2, -0.15) is 0 Å². The number of nitrogens with zero attached hydrogens (tertiary/aromatic N) is 5. The summed E-state index contributed by atoms with van der Waals surface area (Å²) < 4.78 is 1.35. The van der Waals surface area contributed by atoms with Crippen LogP contribution in [0.25, 0.3) is 0 Å². The number of hydrazone groups is 2. The van der Waals surface area contributed by atoms with E-state index in [0.717, 1.165) is 47.3 Å². The third-order valence-corrected chi connectivity index (χ3v) is 14.1. The zero-order valence-electron chi connectivity index (χ0n) is 31.9. The molecule has 1 saturated carbocycles. The summed E-state index contributed by atoms with van der Waals surface area (Å²) in [4.78, 5) is 29.4. The Kier molecular flexibility index (Phi) is 15.3. The van der Waals surface area contributed by atoms with E-state index in [2.05, 4.69) is 76.8 Å². The molecule has 16 nitrogen and oxygen atoms in total. The van der Waals surface area contributed by atoms with Gasteiger partial charge in [0.2, 0.25) is 0 Å². The van der Waals surface area contributed by atoms with Crippen molar-refractivity contribution in [2.24, 2.45) is 10.2 Å². The van der Waals surface area contributed by atoms with E-state index in [-0.39, 0.29) is 19.1 Å². The van der Waals surface area contributed by atoms with Gasteiger partial charge in [-0.05, 0) is 42.5 Å². The van der Waals surface area contributed by atoms with Gasteiger partial charge >= 0.3 is 174 Å². The monoisotopic (exact) mass is 839 g/mol. The number of thiocarbonyl (C=S) groups is 1. The number of aliphatic hydroxyl groups is 1. The van der Waals surface area contributed by atoms with Gasteiger partial charge in [0.1, 0.15) is 5.76 Å². The number of benzene rings is 2. The Bertz CT molecular complexity index is 1750. The minimum absolute atomic E-state index is 0.120. The molecular formula is C37H55GeN11O5S. The van der Waals surface area contributed by atoms with E-state index in [1.165, 1.54) is 10.7 Å². The van der Waals surface area contributed by atoms with E-state index >= 15 is 0 Å². The normalized spacial score (nSPS) is 18.1. The third-order valence-electron chi connectivity index (χ3n) is 9.62. The number of carbonyl (C=O) groups is 2.